The lowest BCUT2D eigenvalue weighted by Gasteiger charge is -2.25. The van der Waals surface area contributed by atoms with Crippen LogP contribution in [-0.4, -0.2) is 83.2 Å². The van der Waals surface area contributed by atoms with E-state index in [2.05, 4.69) is 84.2 Å². The number of aliphatic hydroxyl groups excluding tert-OH is 1. The summed E-state index contributed by atoms with van der Waals surface area (Å²) < 4.78 is 47.4. The molecule has 0 saturated carbocycles. The van der Waals surface area contributed by atoms with Crippen molar-refractivity contribution < 1.29 is 32.6 Å². The molecule has 318 valence electrons. The molecule has 15 heteroatoms. The lowest BCUT2D eigenvalue weighted by atomic mass is 9.98. The zero-order valence-electron chi connectivity index (χ0n) is 33.9. The summed E-state index contributed by atoms with van der Waals surface area (Å²) in [6.07, 6.45) is 28.8. The van der Waals surface area contributed by atoms with Crippen LogP contribution in [0, 0.1) is 0 Å². The number of H-pyrrole nitrogens is 1. The molecule has 1 aromatic heterocycles. The Labute approximate surface area is 341 Å². The Bertz CT molecular complexity index is 1860. The molecular weight excluding hydrogens is 764 g/mol. The van der Waals surface area contributed by atoms with Gasteiger partial charge in [0.2, 0.25) is 5.91 Å². The highest BCUT2D eigenvalue weighted by atomic mass is 31.2. The van der Waals surface area contributed by atoms with Gasteiger partial charge in [0.1, 0.15) is 18.0 Å². The van der Waals surface area contributed by atoms with Gasteiger partial charge >= 0.3 is 13.4 Å². The molecule has 1 aliphatic rings. The molecule has 1 amide bonds. The zero-order valence-corrected chi connectivity index (χ0v) is 34.8. The Morgan fingerprint density at radius 3 is 2.09 bits per heavy atom. The predicted molar refractivity (Wildman–Crippen MR) is 227 cm³/mol. The maximum atomic E-state index is 15.7. The average Bonchev–Trinajstić information content (AvgIpc) is 3.41. The van der Waals surface area contributed by atoms with Crippen molar-refractivity contribution in [2.24, 2.45) is 0 Å². The van der Waals surface area contributed by atoms with Crippen LogP contribution in [-0.2, 0) is 18.6 Å². The summed E-state index contributed by atoms with van der Waals surface area (Å²) >= 11 is 0. The Balaban J connectivity index is 1.32. The van der Waals surface area contributed by atoms with Crippen LogP contribution in [0.4, 0.5) is 4.39 Å². The van der Waals surface area contributed by atoms with Crippen molar-refractivity contribution in [2.75, 3.05) is 39.8 Å². The maximum absolute atomic E-state index is 15.7. The third kappa shape index (κ3) is 18.0. The van der Waals surface area contributed by atoms with Gasteiger partial charge in [0.25, 0.3) is 5.56 Å². The monoisotopic (exact) mass is 825 g/mol. The number of amides is 1. The molecule has 2 heterocycles. The molecule has 3 rings (SSSR count). The van der Waals surface area contributed by atoms with Crippen molar-refractivity contribution in [3.63, 3.8) is 0 Å². The molecule has 1 fully saturated rings. The van der Waals surface area contributed by atoms with E-state index < -0.39 is 49.7 Å². The topological polar surface area (TPSA) is 164 Å². The fraction of sp³-hybridized carbons (Fsp3) is 0.465. The van der Waals surface area contributed by atoms with E-state index in [9.17, 15) is 24.1 Å². The van der Waals surface area contributed by atoms with Crippen LogP contribution >= 0.6 is 7.75 Å². The lowest BCUT2D eigenvalue weighted by molar-refractivity contribution is -0.121. The van der Waals surface area contributed by atoms with E-state index in [-0.39, 0.29) is 18.2 Å². The van der Waals surface area contributed by atoms with Crippen molar-refractivity contribution in [1.82, 2.24) is 24.9 Å². The number of nitrogens with zero attached hydrogens (tertiary/aromatic N) is 2. The third-order valence-corrected chi connectivity index (χ3v) is 10.5. The van der Waals surface area contributed by atoms with Crippen molar-refractivity contribution in [2.45, 2.75) is 89.3 Å². The predicted octanol–water partition coefficient (Wildman–Crippen LogP) is 6.84. The number of para-hydroxylation sites is 1. The van der Waals surface area contributed by atoms with Gasteiger partial charge in [-0.25, -0.2) is 18.8 Å². The van der Waals surface area contributed by atoms with Crippen LogP contribution in [0.2, 0.25) is 0 Å². The molecule has 2 aromatic rings. The van der Waals surface area contributed by atoms with Gasteiger partial charge in [0, 0.05) is 44.9 Å². The molecule has 0 radical (unpaired) electrons. The van der Waals surface area contributed by atoms with Gasteiger partial charge in [-0.15, -0.1) is 0 Å². The van der Waals surface area contributed by atoms with Crippen LogP contribution in [0.3, 0.4) is 0 Å². The number of carbonyl (C=O) groups excluding carboxylic acids is 1. The summed E-state index contributed by atoms with van der Waals surface area (Å²) in [5, 5.41) is 16.5. The Morgan fingerprint density at radius 1 is 0.931 bits per heavy atom. The quantitative estimate of drug-likeness (QED) is 0.0554. The van der Waals surface area contributed by atoms with Crippen LogP contribution in [0.5, 0.6) is 5.75 Å². The highest BCUT2D eigenvalue weighted by Crippen LogP contribution is 2.47. The van der Waals surface area contributed by atoms with E-state index >= 15 is 4.39 Å². The highest BCUT2D eigenvalue weighted by molar-refractivity contribution is 7.52. The minimum Gasteiger partial charge on any atom is -0.413 e. The van der Waals surface area contributed by atoms with Crippen LogP contribution < -0.4 is 26.2 Å². The summed E-state index contributed by atoms with van der Waals surface area (Å²) in [6.45, 7) is 4.16. The molecule has 1 aliphatic heterocycles. The molecule has 0 spiro atoms. The van der Waals surface area contributed by atoms with Gasteiger partial charge in [0.05, 0.1) is 6.61 Å². The zero-order chi connectivity index (χ0) is 42.1. The van der Waals surface area contributed by atoms with Gasteiger partial charge in [-0.2, -0.15) is 0 Å². The Kier molecular flexibility index (Phi) is 21.9. The number of allylic oxidation sites excluding steroid dienone is 12. The third-order valence-electron chi connectivity index (χ3n) is 8.95. The number of ether oxygens (including phenoxy) is 1. The number of aromatic nitrogens is 2. The number of aromatic amines is 1. The van der Waals surface area contributed by atoms with Crippen molar-refractivity contribution in [3.8, 4) is 5.75 Å². The van der Waals surface area contributed by atoms with Crippen molar-refractivity contribution >= 4 is 13.7 Å². The molecule has 1 saturated heterocycles. The molecule has 0 aliphatic carbocycles. The first-order valence-corrected chi connectivity index (χ1v) is 21.4. The summed E-state index contributed by atoms with van der Waals surface area (Å²) in [6, 6.07) is 9.35. The van der Waals surface area contributed by atoms with Gasteiger partial charge in [0.15, 0.2) is 11.9 Å². The minimum atomic E-state index is -4.10. The fourth-order valence-corrected chi connectivity index (χ4v) is 7.00. The standard InChI is InChI=1S/C43H61FN5O8P/c1-4-5-6-7-8-9-10-11-12-13-14-15-16-17-18-19-20-21-25-28-38(50)45-30-33-48(3)34-31-46-58(54,57-36-26-23-22-24-27-36)55-35-37-40(52)43(2,44)41(56-37)49-32-29-39(51)47-42(49)53/h5-6,8-9,11-12,14-15,17-18,20-24,26-27,29,32,37,40-41,52H,4,7,10,13,16,19,25,28,30-31,33-35H2,1-3H3,(H,45,50)(H,46,54)(H,47,51,53)/b6-5-,9-8-,12-11-,15-14-,18-17-,21-20-/t37-,40-,41?,43-,58?/m1/s1. The summed E-state index contributed by atoms with van der Waals surface area (Å²) in [5.41, 5.74) is -4.05. The van der Waals surface area contributed by atoms with E-state index in [1.165, 1.54) is 0 Å². The fourth-order valence-electron chi connectivity index (χ4n) is 5.68. The SMILES string of the molecule is CC/C=C\C/C=C\C/C=C\C/C=C\C/C=C\C/C=C\CCC(=O)NCCN(C)CCNP(=O)(OC[C@H]1OC(n2ccc(=O)[nH]c2=O)[C@](C)(F)[C@@H]1O)Oc1ccccc1. The number of nitrogens with one attached hydrogen (secondary N) is 3. The van der Waals surface area contributed by atoms with Gasteiger partial charge < -0.3 is 24.6 Å². The minimum absolute atomic E-state index is 0.0476. The highest BCUT2D eigenvalue weighted by Gasteiger charge is 2.55. The summed E-state index contributed by atoms with van der Waals surface area (Å²) in [7, 11) is -2.26. The second kappa shape index (κ2) is 26.5. The van der Waals surface area contributed by atoms with E-state index in [0.717, 1.165) is 62.3 Å². The average molecular weight is 826 g/mol. The molecule has 58 heavy (non-hydrogen) atoms. The molecule has 5 atom stereocenters. The molecule has 13 nitrogen and oxygen atoms in total. The largest absolute Gasteiger partial charge is 0.458 e. The van der Waals surface area contributed by atoms with Crippen LogP contribution in [0.25, 0.3) is 0 Å². The van der Waals surface area contributed by atoms with Gasteiger partial charge in [-0.1, -0.05) is 98.0 Å². The second-order valence-electron chi connectivity index (χ2n) is 13.9. The Morgan fingerprint density at radius 2 is 1.50 bits per heavy atom. The first-order valence-electron chi connectivity index (χ1n) is 19.9. The van der Waals surface area contributed by atoms with Crippen molar-refractivity contribution in [1.29, 1.82) is 0 Å². The normalized spacial score (nSPS) is 21.2. The molecule has 1 aromatic carbocycles. The van der Waals surface area contributed by atoms with Crippen LogP contribution in [0.1, 0.15) is 71.4 Å². The van der Waals surface area contributed by atoms with Crippen LogP contribution in [0.15, 0.2) is 125 Å². The molecule has 2 unspecified atom stereocenters. The van der Waals surface area contributed by atoms with E-state index in [1.54, 1.807) is 30.3 Å². The van der Waals surface area contributed by atoms with E-state index in [4.69, 9.17) is 13.8 Å². The molecule has 0 bridgehead atoms. The number of benzene rings is 1. The maximum Gasteiger partial charge on any atom is 0.458 e. The lowest BCUT2D eigenvalue weighted by Crippen LogP contribution is -2.43. The molecular formula is C43H61FN5O8P. The number of hydrogen-bond acceptors (Lipinski definition) is 9. The number of alkyl halides is 1. The molecule has 4 N–H and O–H groups in total. The van der Waals surface area contributed by atoms with Crippen molar-refractivity contribution in [3.05, 3.63) is 136 Å². The smallest absolute Gasteiger partial charge is 0.413 e. The number of likely N-dealkylation sites (N-methyl/N-ethyl adjacent to an activating group) is 1. The first kappa shape index (κ1) is 47.9. The number of carbonyl (C=O) groups is 1. The second-order valence-corrected chi connectivity index (χ2v) is 15.6. The summed E-state index contributed by atoms with van der Waals surface area (Å²) in [4.78, 5) is 40.1. The number of aliphatic hydroxyl groups is 1. The number of hydrogen-bond donors (Lipinski definition) is 4. The number of rotatable bonds is 27. The van der Waals surface area contributed by atoms with E-state index in [0.29, 0.717) is 32.5 Å². The Hall–Kier alpha value is -4.43. The van der Waals surface area contributed by atoms with Gasteiger partial charge in [-0.3, -0.25) is 23.7 Å². The summed E-state index contributed by atoms with van der Waals surface area (Å²) in [5.74, 6) is 0.202. The van der Waals surface area contributed by atoms with E-state index in [1.807, 2.05) is 23.0 Å². The van der Waals surface area contributed by atoms with Gasteiger partial charge in [-0.05, 0) is 71.0 Å². The number of halogens is 1. The first-order chi connectivity index (χ1) is 27.9.